The molecule has 0 heterocycles. The third kappa shape index (κ3) is 8.47. The van der Waals surface area contributed by atoms with Crippen LogP contribution in [0.1, 0.15) is 80.8 Å². The summed E-state index contributed by atoms with van der Waals surface area (Å²) in [5.41, 5.74) is 14.5. The van der Waals surface area contributed by atoms with Gasteiger partial charge in [-0.15, -0.1) is 0 Å². The number of benzene rings is 7. The number of para-hydroxylation sites is 1. The van der Waals surface area contributed by atoms with Crippen LogP contribution in [0.4, 0.5) is 5.69 Å². The van der Waals surface area contributed by atoms with Gasteiger partial charge in [0, 0.05) is 28.0 Å². The Morgan fingerprint density at radius 1 is 0.678 bits per heavy atom. The molecule has 0 N–H and O–H groups in total. The Kier molecular flexibility index (Phi) is 12.5. The molecule has 0 amide bonds. The van der Waals surface area contributed by atoms with Crippen molar-refractivity contribution in [3.05, 3.63) is 208 Å². The van der Waals surface area contributed by atoms with Crippen molar-refractivity contribution in [3.8, 4) is 0 Å². The monoisotopic (exact) mass is 767 g/mol. The van der Waals surface area contributed by atoms with Crippen LogP contribution in [-0.2, 0) is 6.54 Å². The number of allylic oxidation sites excluding steroid dienone is 7. The second kappa shape index (κ2) is 18.3. The summed E-state index contributed by atoms with van der Waals surface area (Å²) in [4.78, 5) is 15.3. The molecule has 0 aliphatic heterocycles. The lowest BCUT2D eigenvalue weighted by molar-refractivity contribution is 1.05. The number of aliphatic imine (C=N–C) groups is 3. The van der Waals surface area contributed by atoms with Crippen LogP contribution in [0.2, 0.25) is 0 Å². The van der Waals surface area contributed by atoms with Gasteiger partial charge in [0.25, 0.3) is 0 Å². The van der Waals surface area contributed by atoms with Gasteiger partial charge in [0.1, 0.15) is 0 Å². The van der Waals surface area contributed by atoms with Crippen LogP contribution in [-0.4, -0.2) is 18.1 Å². The van der Waals surface area contributed by atoms with E-state index in [9.17, 15) is 0 Å². The molecule has 0 unspecified atom stereocenters. The number of hydrogen-bond donors (Lipinski definition) is 0. The molecule has 0 spiro atoms. The predicted molar refractivity (Wildman–Crippen MR) is 259 cm³/mol. The van der Waals surface area contributed by atoms with Crippen LogP contribution in [0.5, 0.6) is 0 Å². The lowest BCUT2D eigenvalue weighted by Gasteiger charge is -2.18. The Morgan fingerprint density at radius 3 is 1.92 bits per heavy atom. The third-order valence-electron chi connectivity index (χ3n) is 11.3. The van der Waals surface area contributed by atoms with E-state index < -0.39 is 0 Å². The smallest absolute Gasteiger partial charge is 0.0750 e. The summed E-state index contributed by atoms with van der Waals surface area (Å²) in [6.07, 6.45) is 10.3. The average Bonchev–Trinajstić information content (AvgIpc) is 3.27. The lowest BCUT2D eigenvalue weighted by Crippen LogP contribution is -2.09. The van der Waals surface area contributed by atoms with Gasteiger partial charge in [0.2, 0.25) is 0 Å². The van der Waals surface area contributed by atoms with Gasteiger partial charge in [-0.1, -0.05) is 154 Å². The third-order valence-corrected chi connectivity index (χ3v) is 11.3. The van der Waals surface area contributed by atoms with E-state index >= 15 is 0 Å². The summed E-state index contributed by atoms with van der Waals surface area (Å²) < 4.78 is 0. The van der Waals surface area contributed by atoms with E-state index in [4.69, 9.17) is 9.98 Å². The molecule has 7 aromatic rings. The first-order valence-electron chi connectivity index (χ1n) is 20.7. The van der Waals surface area contributed by atoms with E-state index in [2.05, 4.69) is 205 Å². The van der Waals surface area contributed by atoms with Gasteiger partial charge >= 0.3 is 0 Å². The minimum absolute atomic E-state index is 0.502. The number of aryl methyl sites for hydroxylation is 1. The van der Waals surface area contributed by atoms with E-state index in [1.165, 1.54) is 37.9 Å². The summed E-state index contributed by atoms with van der Waals surface area (Å²) in [7, 11) is 0. The highest BCUT2D eigenvalue weighted by atomic mass is 14.8. The zero-order valence-electron chi connectivity index (χ0n) is 35.3. The van der Waals surface area contributed by atoms with Crippen molar-refractivity contribution in [1.29, 1.82) is 0 Å². The van der Waals surface area contributed by atoms with Gasteiger partial charge < -0.3 is 0 Å². The standard InChI is InChI=1S/C56H53N3/c1-9-18-40(10-2)33-42(11-3)39(7)59-52-24-16-15-23-51(52)38(6)43-27-25-41(26-28-43)36-58-55(49(12-4)56(57-8)50-22-14-13-19-37(50)5)48-34-46-31-29-44-20-17-21-45-30-32-47(35-48)54(46)53(44)45/h9,11,13-35H,6,8,10,12,36H2,1-5,7H3/b18-9-,40-33+,42-11+,56-49-,58-55?,59-39?. The zero-order valence-corrected chi connectivity index (χ0v) is 35.3. The van der Waals surface area contributed by atoms with Crippen molar-refractivity contribution in [3.63, 3.8) is 0 Å². The molecule has 0 radical (unpaired) electrons. The zero-order chi connectivity index (χ0) is 41.5. The topological polar surface area (TPSA) is 37.1 Å². The van der Waals surface area contributed by atoms with Gasteiger partial charge in [-0.3, -0.25) is 15.0 Å². The van der Waals surface area contributed by atoms with Gasteiger partial charge in [-0.2, -0.15) is 0 Å². The largest absolute Gasteiger partial charge is 0.280 e. The highest BCUT2D eigenvalue weighted by Crippen LogP contribution is 2.37. The molecule has 0 aliphatic carbocycles. The Labute approximate surface area is 350 Å². The second-order valence-corrected chi connectivity index (χ2v) is 15.0. The minimum Gasteiger partial charge on any atom is -0.280 e. The van der Waals surface area contributed by atoms with Crippen LogP contribution in [0.25, 0.3) is 43.6 Å². The lowest BCUT2D eigenvalue weighted by atomic mass is 9.89. The molecule has 0 fully saturated rings. The molecule has 3 heteroatoms. The average molecular weight is 768 g/mol. The highest BCUT2D eigenvalue weighted by Gasteiger charge is 2.19. The van der Waals surface area contributed by atoms with Crippen LogP contribution < -0.4 is 0 Å². The molecule has 7 aromatic carbocycles. The maximum absolute atomic E-state index is 5.45. The molecule has 3 nitrogen and oxygen atoms in total. The van der Waals surface area contributed by atoms with Gasteiger partial charge in [0.05, 0.1) is 23.6 Å². The van der Waals surface area contributed by atoms with Crippen molar-refractivity contribution in [2.24, 2.45) is 15.0 Å². The Morgan fingerprint density at radius 2 is 1.31 bits per heavy atom. The molecule has 7 rings (SSSR count). The van der Waals surface area contributed by atoms with E-state index in [1.807, 2.05) is 6.07 Å². The van der Waals surface area contributed by atoms with Crippen molar-refractivity contribution in [2.45, 2.75) is 60.9 Å². The normalized spacial score (nSPS) is 13.5. The van der Waals surface area contributed by atoms with Gasteiger partial charge in [-0.05, 0) is 131 Å². The first-order chi connectivity index (χ1) is 28.8. The summed E-state index contributed by atoms with van der Waals surface area (Å²) in [5.74, 6) is 0. The van der Waals surface area contributed by atoms with Crippen molar-refractivity contribution in [1.82, 2.24) is 0 Å². The van der Waals surface area contributed by atoms with Crippen LogP contribution in [0, 0.1) is 6.92 Å². The molecular weight excluding hydrogens is 715 g/mol. The Hall–Kier alpha value is -6.71. The van der Waals surface area contributed by atoms with Crippen LogP contribution in [0.15, 0.2) is 190 Å². The first kappa shape index (κ1) is 40.5. The first-order valence-corrected chi connectivity index (χ1v) is 20.7. The summed E-state index contributed by atoms with van der Waals surface area (Å²) in [6.45, 7) is 21.8. The molecule has 59 heavy (non-hydrogen) atoms. The fourth-order valence-electron chi connectivity index (χ4n) is 8.17. The van der Waals surface area contributed by atoms with Gasteiger partial charge in [0.15, 0.2) is 0 Å². The molecule has 0 saturated heterocycles. The van der Waals surface area contributed by atoms with E-state index in [0.29, 0.717) is 6.54 Å². The molecular formula is C56H53N3. The number of rotatable bonds is 14. The predicted octanol–water partition coefficient (Wildman–Crippen LogP) is 15.4. The minimum atomic E-state index is 0.502. The van der Waals surface area contributed by atoms with E-state index in [0.717, 1.165) is 85.7 Å². The highest BCUT2D eigenvalue weighted by molar-refractivity contribution is 6.26. The number of nitrogens with zero attached hydrogens (tertiary/aromatic N) is 3. The Balaban J connectivity index is 1.26. The number of hydrogen-bond acceptors (Lipinski definition) is 3. The van der Waals surface area contributed by atoms with E-state index in [-0.39, 0.29) is 0 Å². The second-order valence-electron chi connectivity index (χ2n) is 15.0. The van der Waals surface area contributed by atoms with E-state index in [1.54, 1.807) is 0 Å². The van der Waals surface area contributed by atoms with Crippen molar-refractivity contribution < 1.29 is 0 Å². The quantitative estimate of drug-likeness (QED) is 0.0600. The summed E-state index contributed by atoms with van der Waals surface area (Å²) in [5, 5.41) is 7.52. The molecule has 0 saturated carbocycles. The van der Waals surface area contributed by atoms with Gasteiger partial charge in [-0.25, -0.2) is 0 Å². The molecule has 0 aliphatic rings. The fraction of sp³-hybridized carbons (Fsp3) is 0.161. The maximum Gasteiger partial charge on any atom is 0.0750 e. The van der Waals surface area contributed by atoms with Crippen molar-refractivity contribution in [2.75, 3.05) is 0 Å². The van der Waals surface area contributed by atoms with Crippen LogP contribution in [0.3, 0.4) is 0 Å². The van der Waals surface area contributed by atoms with Crippen molar-refractivity contribution >= 4 is 67.4 Å². The SMILES string of the molecule is C=N/C(=C(/CC)C(=NCc1ccc(C(=C)c2ccccc2N=C(C)C(/C=C(/C=C\C)CC)=C/C)cc1)c1cc2ccc3cccc4ccc(c1)c2c34)c1ccccc1C. The maximum atomic E-state index is 5.45. The molecule has 0 atom stereocenters. The fourth-order valence-corrected chi connectivity index (χ4v) is 8.17. The van der Waals surface area contributed by atoms with Crippen LogP contribution >= 0.6 is 0 Å². The Bertz CT molecular complexity index is 2810. The molecule has 0 bridgehead atoms. The molecule has 0 aromatic heterocycles. The summed E-state index contributed by atoms with van der Waals surface area (Å²) in [6, 6.07) is 45.4. The summed E-state index contributed by atoms with van der Waals surface area (Å²) >= 11 is 0. The molecule has 292 valence electrons.